The van der Waals surface area contributed by atoms with Gasteiger partial charge in [0.15, 0.2) is 0 Å². The number of anilines is 1. The highest BCUT2D eigenvalue weighted by Crippen LogP contribution is 2.20. The second kappa shape index (κ2) is 9.12. The maximum Gasteiger partial charge on any atom is 0.228 e. The fraction of sp³-hybridized carbons (Fsp3) is 0.579. The number of imidazole rings is 1. The van der Waals surface area contributed by atoms with Gasteiger partial charge in [0, 0.05) is 32.1 Å². The molecule has 1 saturated heterocycles. The number of nitrogens with one attached hydrogen (secondary N) is 2. The molecule has 2 aromatic rings. The number of hydrogen-bond donors (Lipinski definition) is 2. The van der Waals surface area contributed by atoms with E-state index in [0.29, 0.717) is 25.6 Å². The second-order valence-electron chi connectivity index (χ2n) is 6.58. The summed E-state index contributed by atoms with van der Waals surface area (Å²) in [6, 6.07) is 8.08. The highest BCUT2D eigenvalue weighted by atomic mass is 16.5. The first-order valence-corrected chi connectivity index (χ1v) is 9.49. The lowest BCUT2D eigenvalue weighted by Crippen LogP contribution is -2.43. The summed E-state index contributed by atoms with van der Waals surface area (Å²) in [5.74, 6) is 0.590. The number of rotatable bonds is 8. The zero-order valence-electron chi connectivity index (χ0n) is 15.7. The number of hydrogen-bond acceptors (Lipinski definition) is 5. The summed E-state index contributed by atoms with van der Waals surface area (Å²) in [6.07, 6.45) is 0.388. The Morgan fingerprint density at radius 3 is 2.92 bits per heavy atom. The summed E-state index contributed by atoms with van der Waals surface area (Å²) < 4.78 is 7.53. The van der Waals surface area contributed by atoms with Crippen LogP contribution in [0.2, 0.25) is 0 Å². The number of aromatic nitrogens is 2. The number of fused-ring (bicyclic) bond motifs is 1. The molecule has 0 saturated carbocycles. The van der Waals surface area contributed by atoms with Crippen molar-refractivity contribution in [1.29, 1.82) is 0 Å². The number of benzene rings is 1. The van der Waals surface area contributed by atoms with Gasteiger partial charge in [0.1, 0.15) is 0 Å². The van der Waals surface area contributed by atoms with Crippen molar-refractivity contribution >= 4 is 22.9 Å². The van der Waals surface area contributed by atoms with Gasteiger partial charge in [0.25, 0.3) is 0 Å². The Balaban J connectivity index is 1.73. The van der Waals surface area contributed by atoms with Crippen molar-refractivity contribution < 1.29 is 9.53 Å². The largest absolute Gasteiger partial charge is 0.378 e. The van der Waals surface area contributed by atoms with E-state index in [1.165, 1.54) is 0 Å². The van der Waals surface area contributed by atoms with Crippen LogP contribution in [0.5, 0.6) is 0 Å². The fourth-order valence-corrected chi connectivity index (χ4v) is 3.33. The van der Waals surface area contributed by atoms with Crippen molar-refractivity contribution in [3.05, 3.63) is 24.3 Å². The molecule has 7 nitrogen and oxygen atoms in total. The second-order valence-corrected chi connectivity index (χ2v) is 6.58. The van der Waals surface area contributed by atoms with Gasteiger partial charge in [-0.05, 0) is 25.2 Å². The molecule has 0 spiro atoms. The third-order valence-corrected chi connectivity index (χ3v) is 4.87. The number of ether oxygens (including phenoxy) is 1. The lowest BCUT2D eigenvalue weighted by molar-refractivity contribution is -0.117. The molecule has 3 rings (SSSR count). The zero-order valence-corrected chi connectivity index (χ0v) is 15.7. The summed E-state index contributed by atoms with van der Waals surface area (Å²) in [4.78, 5) is 19.5. The SMILES string of the molecule is CCN(CC)CCn1c(NC(=O)CC2COCCN2)nc2ccccc21. The van der Waals surface area contributed by atoms with Crippen LogP contribution in [0.1, 0.15) is 20.3 Å². The number of para-hydroxylation sites is 2. The summed E-state index contributed by atoms with van der Waals surface area (Å²) in [7, 11) is 0. The van der Waals surface area contributed by atoms with E-state index in [1.54, 1.807) is 0 Å². The minimum absolute atomic E-state index is 0.0348. The Morgan fingerprint density at radius 1 is 1.38 bits per heavy atom. The molecule has 1 aromatic heterocycles. The maximum atomic E-state index is 12.5. The van der Waals surface area contributed by atoms with E-state index in [1.807, 2.05) is 18.2 Å². The van der Waals surface area contributed by atoms with Crippen LogP contribution < -0.4 is 10.6 Å². The van der Waals surface area contributed by atoms with Gasteiger partial charge in [0.2, 0.25) is 11.9 Å². The summed E-state index contributed by atoms with van der Waals surface area (Å²) in [5, 5.41) is 6.32. The minimum atomic E-state index is -0.0348. The third-order valence-electron chi connectivity index (χ3n) is 4.87. The van der Waals surface area contributed by atoms with Gasteiger partial charge < -0.3 is 19.5 Å². The average molecular weight is 359 g/mol. The molecule has 1 atom stereocenters. The smallest absolute Gasteiger partial charge is 0.228 e. The molecule has 2 heterocycles. The molecule has 7 heteroatoms. The van der Waals surface area contributed by atoms with Crippen LogP contribution in [0.4, 0.5) is 5.95 Å². The van der Waals surface area contributed by atoms with Crippen LogP contribution in [-0.4, -0.2) is 65.8 Å². The van der Waals surface area contributed by atoms with Crippen LogP contribution in [0, 0.1) is 0 Å². The van der Waals surface area contributed by atoms with Gasteiger partial charge in [-0.25, -0.2) is 4.98 Å². The Morgan fingerprint density at radius 2 is 2.19 bits per heavy atom. The molecule has 1 aromatic carbocycles. The molecular formula is C19H29N5O2. The lowest BCUT2D eigenvalue weighted by atomic mass is 10.2. The molecule has 26 heavy (non-hydrogen) atoms. The van der Waals surface area contributed by atoms with Gasteiger partial charge in [-0.3, -0.25) is 10.1 Å². The van der Waals surface area contributed by atoms with E-state index < -0.39 is 0 Å². The van der Waals surface area contributed by atoms with Gasteiger partial charge in [-0.15, -0.1) is 0 Å². The quantitative estimate of drug-likeness (QED) is 0.751. The van der Waals surface area contributed by atoms with E-state index in [-0.39, 0.29) is 11.9 Å². The first kappa shape index (κ1) is 18.8. The third kappa shape index (κ3) is 4.60. The Labute approximate surface area is 154 Å². The Kier molecular flexibility index (Phi) is 6.60. The van der Waals surface area contributed by atoms with E-state index in [9.17, 15) is 4.79 Å². The maximum absolute atomic E-state index is 12.5. The molecular weight excluding hydrogens is 330 g/mol. The normalized spacial score (nSPS) is 17.7. The fourth-order valence-electron chi connectivity index (χ4n) is 3.33. The van der Waals surface area contributed by atoms with Crippen LogP contribution >= 0.6 is 0 Å². The van der Waals surface area contributed by atoms with E-state index in [0.717, 1.165) is 43.8 Å². The van der Waals surface area contributed by atoms with Gasteiger partial charge in [-0.1, -0.05) is 26.0 Å². The number of carbonyl (C=O) groups is 1. The number of carbonyl (C=O) groups excluding carboxylic acids is 1. The van der Waals surface area contributed by atoms with Crippen LogP contribution in [0.25, 0.3) is 11.0 Å². The van der Waals surface area contributed by atoms with E-state index in [2.05, 4.69) is 45.0 Å². The summed E-state index contributed by atoms with van der Waals surface area (Å²) in [5.41, 5.74) is 1.95. The number of morpholine rings is 1. The summed E-state index contributed by atoms with van der Waals surface area (Å²) in [6.45, 7) is 10.1. The van der Waals surface area contributed by atoms with Crippen LogP contribution in [-0.2, 0) is 16.1 Å². The van der Waals surface area contributed by atoms with Crippen LogP contribution in [0.15, 0.2) is 24.3 Å². The molecule has 142 valence electrons. The standard InChI is InChI=1S/C19H29N5O2/c1-3-23(4-2)10-11-24-17-8-6-5-7-16(17)21-19(24)22-18(25)13-15-14-26-12-9-20-15/h5-8,15,20H,3-4,9-14H2,1-2H3,(H,21,22,25). The van der Waals surface area contributed by atoms with Crippen LogP contribution in [0.3, 0.4) is 0 Å². The Bertz CT molecular complexity index is 720. The molecule has 1 unspecified atom stereocenters. The van der Waals surface area contributed by atoms with Crippen molar-refractivity contribution in [2.24, 2.45) is 0 Å². The molecule has 0 radical (unpaired) electrons. The molecule has 1 aliphatic heterocycles. The monoisotopic (exact) mass is 359 g/mol. The first-order valence-electron chi connectivity index (χ1n) is 9.49. The highest BCUT2D eigenvalue weighted by molar-refractivity contribution is 5.91. The van der Waals surface area contributed by atoms with Gasteiger partial charge in [0.05, 0.1) is 24.2 Å². The van der Waals surface area contributed by atoms with E-state index in [4.69, 9.17) is 4.74 Å². The number of nitrogens with zero attached hydrogens (tertiary/aromatic N) is 3. The number of amides is 1. The van der Waals surface area contributed by atoms with Crippen molar-refractivity contribution in [1.82, 2.24) is 19.8 Å². The topological polar surface area (TPSA) is 71.4 Å². The van der Waals surface area contributed by atoms with Gasteiger partial charge >= 0.3 is 0 Å². The molecule has 0 aliphatic carbocycles. The first-order chi connectivity index (χ1) is 12.7. The predicted molar refractivity (Wildman–Crippen MR) is 103 cm³/mol. The number of likely N-dealkylation sites (N-methyl/N-ethyl adjacent to an activating group) is 1. The van der Waals surface area contributed by atoms with Gasteiger partial charge in [-0.2, -0.15) is 0 Å². The van der Waals surface area contributed by atoms with E-state index >= 15 is 0 Å². The predicted octanol–water partition coefficient (Wildman–Crippen LogP) is 1.70. The van der Waals surface area contributed by atoms with Crippen molar-refractivity contribution in [3.63, 3.8) is 0 Å². The van der Waals surface area contributed by atoms with Crippen molar-refractivity contribution in [2.75, 3.05) is 44.7 Å². The Hall–Kier alpha value is -1.96. The highest BCUT2D eigenvalue weighted by Gasteiger charge is 2.19. The van der Waals surface area contributed by atoms with Crippen molar-refractivity contribution in [2.45, 2.75) is 32.9 Å². The minimum Gasteiger partial charge on any atom is -0.378 e. The molecule has 1 fully saturated rings. The molecule has 1 amide bonds. The summed E-state index contributed by atoms with van der Waals surface area (Å²) >= 11 is 0. The molecule has 2 N–H and O–H groups in total. The molecule has 1 aliphatic rings. The molecule has 0 bridgehead atoms. The zero-order chi connectivity index (χ0) is 18.4. The lowest BCUT2D eigenvalue weighted by Gasteiger charge is -2.23. The average Bonchev–Trinajstić information content (AvgIpc) is 3.00. The van der Waals surface area contributed by atoms with Crippen molar-refractivity contribution in [3.8, 4) is 0 Å².